The molecule has 2 aromatic rings. The molecule has 0 unspecified atom stereocenters. The summed E-state index contributed by atoms with van der Waals surface area (Å²) in [6.45, 7) is 0.140. The minimum atomic E-state index is -1.27. The van der Waals surface area contributed by atoms with Gasteiger partial charge in [0.1, 0.15) is 17.5 Å². The number of ether oxygens (including phenoxy) is 1. The minimum absolute atomic E-state index is 0.0235. The highest BCUT2D eigenvalue weighted by Crippen LogP contribution is 2.30. The number of halogens is 2. The van der Waals surface area contributed by atoms with Crippen molar-refractivity contribution in [1.29, 1.82) is 0 Å². The fourth-order valence-electron chi connectivity index (χ4n) is 2.95. The number of carbonyl (C=O) groups is 2. The van der Waals surface area contributed by atoms with E-state index in [0.29, 0.717) is 6.07 Å². The number of amides is 2. The van der Waals surface area contributed by atoms with Crippen LogP contribution < -0.4 is 21.9 Å². The van der Waals surface area contributed by atoms with Crippen LogP contribution in [0.3, 0.4) is 0 Å². The van der Waals surface area contributed by atoms with Crippen molar-refractivity contribution in [3.63, 3.8) is 0 Å². The molecule has 0 radical (unpaired) electrons. The summed E-state index contributed by atoms with van der Waals surface area (Å²) < 4.78 is 32.8. The van der Waals surface area contributed by atoms with Crippen LogP contribution in [0.15, 0.2) is 27.8 Å². The van der Waals surface area contributed by atoms with Gasteiger partial charge in [-0.15, -0.1) is 0 Å². The molecule has 1 aliphatic heterocycles. The molecule has 0 saturated heterocycles. The van der Waals surface area contributed by atoms with Crippen LogP contribution in [-0.4, -0.2) is 35.1 Å². The fourth-order valence-corrected chi connectivity index (χ4v) is 2.95. The number of nitrogens with one attached hydrogen (secondary N) is 3. The largest absolute Gasteiger partial charge is 0.383 e. The number of hydrogen-bond acceptors (Lipinski definition) is 5. The molecule has 0 bridgehead atoms. The second-order valence-electron chi connectivity index (χ2n) is 6.08. The fraction of sp³-hybridized carbons (Fsp3) is 0.294. The third-order valence-electron chi connectivity index (χ3n) is 4.26. The van der Waals surface area contributed by atoms with E-state index in [9.17, 15) is 28.0 Å². The second-order valence-corrected chi connectivity index (χ2v) is 6.08. The van der Waals surface area contributed by atoms with E-state index in [2.05, 4.69) is 15.6 Å². The number of methoxy groups -OCH3 is 1. The maximum absolute atomic E-state index is 13.8. The first-order valence-electron chi connectivity index (χ1n) is 8.23. The Hall–Kier alpha value is -3.34. The quantitative estimate of drug-likeness (QED) is 0.683. The number of carbonyl (C=O) groups excluding carboxylic acids is 2. The number of H-pyrrole nitrogens is 1. The molecule has 1 aliphatic rings. The number of fused-ring (bicyclic) bond motifs is 1. The van der Waals surface area contributed by atoms with Gasteiger partial charge in [-0.25, -0.2) is 13.6 Å². The Balaban J connectivity index is 2.02. The number of aromatic nitrogens is 2. The van der Waals surface area contributed by atoms with Gasteiger partial charge < -0.3 is 15.4 Å². The topological polar surface area (TPSA) is 122 Å². The molecular formula is C17H16F2N4O5. The first-order chi connectivity index (χ1) is 13.3. The summed E-state index contributed by atoms with van der Waals surface area (Å²) in [6.07, 6.45) is -0.382. The lowest BCUT2D eigenvalue weighted by atomic mass is 9.92. The smallest absolute Gasteiger partial charge is 0.330 e. The Morgan fingerprint density at radius 1 is 1.32 bits per heavy atom. The molecule has 148 valence electrons. The van der Waals surface area contributed by atoms with E-state index in [0.717, 1.165) is 16.7 Å². The molecule has 1 aromatic carbocycles. The SMILES string of the molecule is COCCn1c2c(c(=O)[nH]c1=O)[C@H](C(=O)Nc1ccc(F)cc1F)CC(=O)N2. The van der Waals surface area contributed by atoms with Gasteiger partial charge in [0.15, 0.2) is 0 Å². The van der Waals surface area contributed by atoms with E-state index >= 15 is 0 Å². The van der Waals surface area contributed by atoms with Crippen molar-refractivity contribution in [1.82, 2.24) is 9.55 Å². The summed E-state index contributed by atoms with van der Waals surface area (Å²) in [4.78, 5) is 51.3. The zero-order valence-corrected chi connectivity index (χ0v) is 14.7. The lowest BCUT2D eigenvalue weighted by molar-refractivity contribution is -0.123. The van der Waals surface area contributed by atoms with Gasteiger partial charge in [-0.2, -0.15) is 0 Å². The van der Waals surface area contributed by atoms with Crippen LogP contribution in [0.1, 0.15) is 17.9 Å². The minimum Gasteiger partial charge on any atom is -0.383 e. The van der Waals surface area contributed by atoms with E-state index in [1.807, 2.05) is 0 Å². The Morgan fingerprint density at radius 2 is 2.07 bits per heavy atom. The molecule has 9 nitrogen and oxygen atoms in total. The molecule has 0 fully saturated rings. The lowest BCUT2D eigenvalue weighted by Crippen LogP contribution is -2.43. The average molecular weight is 394 g/mol. The molecule has 0 aliphatic carbocycles. The highest BCUT2D eigenvalue weighted by Gasteiger charge is 2.35. The number of nitrogens with zero attached hydrogens (tertiary/aromatic N) is 1. The number of anilines is 2. The molecule has 11 heteroatoms. The van der Waals surface area contributed by atoms with Crippen molar-refractivity contribution in [2.75, 3.05) is 24.4 Å². The van der Waals surface area contributed by atoms with Gasteiger partial charge in [-0.05, 0) is 12.1 Å². The van der Waals surface area contributed by atoms with Gasteiger partial charge in [-0.1, -0.05) is 0 Å². The third-order valence-corrected chi connectivity index (χ3v) is 4.26. The predicted octanol–water partition coefficient (Wildman–Crippen LogP) is 0.526. The van der Waals surface area contributed by atoms with Crippen molar-refractivity contribution >= 4 is 23.3 Å². The number of benzene rings is 1. The summed E-state index contributed by atoms with van der Waals surface area (Å²) in [7, 11) is 1.41. The van der Waals surface area contributed by atoms with Crippen LogP contribution in [0.4, 0.5) is 20.3 Å². The standard InChI is InChI=1S/C17H16F2N4O5/c1-28-5-4-23-14-13(16(26)22-17(23)27)9(7-12(24)21-14)15(25)20-11-3-2-8(18)6-10(11)19/h2-3,6,9H,4-5,7H2,1H3,(H,20,25)(H,21,24)(H,22,26,27)/t9-/m1/s1. The third kappa shape index (κ3) is 3.69. The lowest BCUT2D eigenvalue weighted by Gasteiger charge is -2.26. The van der Waals surface area contributed by atoms with Crippen LogP contribution in [0, 0.1) is 11.6 Å². The van der Waals surface area contributed by atoms with Crippen LogP contribution in [-0.2, 0) is 20.9 Å². The Morgan fingerprint density at radius 3 is 2.75 bits per heavy atom. The van der Waals surface area contributed by atoms with E-state index in [1.54, 1.807) is 0 Å². The molecule has 0 saturated carbocycles. The molecule has 3 N–H and O–H groups in total. The van der Waals surface area contributed by atoms with Crippen molar-refractivity contribution in [2.24, 2.45) is 0 Å². The van der Waals surface area contributed by atoms with E-state index in [1.165, 1.54) is 7.11 Å². The van der Waals surface area contributed by atoms with Crippen molar-refractivity contribution < 1.29 is 23.1 Å². The Kier molecular flexibility index (Phi) is 5.36. The first-order valence-corrected chi connectivity index (χ1v) is 8.23. The number of hydrogen-bond donors (Lipinski definition) is 3. The van der Waals surface area contributed by atoms with E-state index in [-0.39, 0.29) is 36.6 Å². The van der Waals surface area contributed by atoms with Crippen LogP contribution in [0.5, 0.6) is 0 Å². The highest BCUT2D eigenvalue weighted by molar-refractivity contribution is 6.04. The first kappa shape index (κ1) is 19.4. The summed E-state index contributed by atoms with van der Waals surface area (Å²) in [6, 6.07) is 2.57. The van der Waals surface area contributed by atoms with E-state index < -0.39 is 40.6 Å². The molecule has 2 heterocycles. The van der Waals surface area contributed by atoms with Gasteiger partial charge in [-0.3, -0.25) is 23.9 Å². The maximum Gasteiger partial charge on any atom is 0.330 e. The molecular weight excluding hydrogens is 378 g/mol. The van der Waals surface area contributed by atoms with Crippen molar-refractivity contribution in [3.8, 4) is 0 Å². The molecule has 1 atom stereocenters. The summed E-state index contributed by atoms with van der Waals surface area (Å²) >= 11 is 0. The van der Waals surface area contributed by atoms with Crippen LogP contribution >= 0.6 is 0 Å². The summed E-state index contributed by atoms with van der Waals surface area (Å²) in [5.41, 5.74) is -2.04. The van der Waals surface area contributed by atoms with Gasteiger partial charge in [0.05, 0.1) is 30.3 Å². The molecule has 3 rings (SSSR count). The monoisotopic (exact) mass is 394 g/mol. The molecule has 28 heavy (non-hydrogen) atoms. The summed E-state index contributed by atoms with van der Waals surface area (Å²) in [5, 5.41) is 4.68. The Bertz CT molecular complexity index is 1060. The normalized spacial score (nSPS) is 15.7. The van der Waals surface area contributed by atoms with E-state index in [4.69, 9.17) is 4.74 Å². The zero-order valence-electron chi connectivity index (χ0n) is 14.7. The van der Waals surface area contributed by atoms with Gasteiger partial charge in [0.25, 0.3) is 5.56 Å². The molecule has 1 aromatic heterocycles. The number of rotatable bonds is 5. The molecule has 0 spiro atoms. The number of aromatic amines is 1. The maximum atomic E-state index is 13.8. The highest BCUT2D eigenvalue weighted by atomic mass is 19.1. The van der Waals surface area contributed by atoms with Crippen molar-refractivity contribution in [3.05, 3.63) is 56.2 Å². The summed E-state index contributed by atoms with van der Waals surface area (Å²) in [5.74, 6) is -4.65. The predicted molar refractivity (Wildman–Crippen MR) is 94.2 cm³/mol. The van der Waals surface area contributed by atoms with Gasteiger partial charge in [0.2, 0.25) is 11.8 Å². The molecule has 2 amide bonds. The van der Waals surface area contributed by atoms with Gasteiger partial charge >= 0.3 is 5.69 Å². The van der Waals surface area contributed by atoms with Gasteiger partial charge in [0, 0.05) is 19.6 Å². The van der Waals surface area contributed by atoms with Crippen LogP contribution in [0.2, 0.25) is 0 Å². The van der Waals surface area contributed by atoms with Crippen molar-refractivity contribution in [2.45, 2.75) is 18.9 Å². The van der Waals surface area contributed by atoms with Crippen LogP contribution in [0.25, 0.3) is 0 Å². The zero-order chi connectivity index (χ0) is 20.4. The average Bonchev–Trinajstić information content (AvgIpc) is 2.62. The second kappa shape index (κ2) is 7.72. The Labute approximate surface area is 156 Å².